The van der Waals surface area contributed by atoms with Crippen LogP contribution in [0.2, 0.25) is 0 Å². The van der Waals surface area contributed by atoms with Gasteiger partial charge >= 0.3 is 0 Å². The maximum atomic E-state index is 11.9. The summed E-state index contributed by atoms with van der Waals surface area (Å²) in [7, 11) is -3.65. The average Bonchev–Trinajstić information content (AvgIpc) is 2.41. The van der Waals surface area contributed by atoms with Crippen LogP contribution in [0.3, 0.4) is 0 Å². The van der Waals surface area contributed by atoms with Crippen LogP contribution < -0.4 is 4.83 Å². The molecule has 0 heterocycles. The summed E-state index contributed by atoms with van der Waals surface area (Å²) in [5.74, 6) is 0.141. The van der Waals surface area contributed by atoms with E-state index >= 15 is 0 Å². The molecule has 0 aromatic heterocycles. The van der Waals surface area contributed by atoms with Crippen LogP contribution in [0.15, 0.2) is 58.5 Å². The van der Waals surface area contributed by atoms with Gasteiger partial charge in [0.1, 0.15) is 5.75 Å². The lowest BCUT2D eigenvalue weighted by Crippen LogP contribution is -2.18. The molecule has 6 heteroatoms. The molecule has 0 radical (unpaired) electrons. The molecule has 104 valence electrons. The maximum Gasteiger partial charge on any atom is 0.276 e. The molecule has 0 aliphatic carbocycles. The van der Waals surface area contributed by atoms with Crippen LogP contribution in [-0.4, -0.2) is 19.7 Å². The molecule has 0 spiro atoms. The van der Waals surface area contributed by atoms with Crippen LogP contribution in [0.5, 0.6) is 5.75 Å². The summed E-state index contributed by atoms with van der Waals surface area (Å²) in [6.07, 6.45) is 1.37. The minimum absolute atomic E-state index is 0.141. The van der Waals surface area contributed by atoms with Crippen molar-refractivity contribution in [3.8, 4) is 5.75 Å². The summed E-state index contributed by atoms with van der Waals surface area (Å²) >= 11 is 0. The lowest BCUT2D eigenvalue weighted by Gasteiger charge is -2.03. The van der Waals surface area contributed by atoms with Crippen LogP contribution in [0, 0.1) is 6.92 Å². The molecule has 0 fully saturated rings. The Hall–Kier alpha value is -2.34. The second-order valence-corrected chi connectivity index (χ2v) is 5.92. The minimum Gasteiger partial charge on any atom is -0.508 e. The molecular weight excluding hydrogens is 276 g/mol. The van der Waals surface area contributed by atoms with Crippen molar-refractivity contribution in [3.63, 3.8) is 0 Å². The number of nitrogens with zero attached hydrogens (tertiary/aromatic N) is 1. The first-order chi connectivity index (χ1) is 9.47. The Morgan fingerprint density at radius 2 is 1.65 bits per heavy atom. The SMILES string of the molecule is Cc1ccc(S(=O)(=O)N/N=C/c2ccc(O)cc2)cc1. The van der Waals surface area contributed by atoms with Crippen molar-refractivity contribution < 1.29 is 13.5 Å². The van der Waals surface area contributed by atoms with E-state index in [4.69, 9.17) is 5.11 Å². The number of aryl methyl sites for hydroxylation is 1. The van der Waals surface area contributed by atoms with Gasteiger partial charge in [0.25, 0.3) is 10.0 Å². The lowest BCUT2D eigenvalue weighted by molar-refractivity contribution is 0.475. The second-order valence-electron chi connectivity index (χ2n) is 4.26. The molecule has 5 nitrogen and oxygen atoms in total. The van der Waals surface area contributed by atoms with Gasteiger partial charge in [-0.3, -0.25) is 0 Å². The van der Waals surface area contributed by atoms with E-state index < -0.39 is 10.0 Å². The van der Waals surface area contributed by atoms with E-state index in [0.29, 0.717) is 5.56 Å². The van der Waals surface area contributed by atoms with Crippen molar-refractivity contribution in [2.75, 3.05) is 0 Å². The summed E-state index contributed by atoms with van der Waals surface area (Å²) in [5.41, 5.74) is 1.66. The number of hydrazone groups is 1. The molecule has 0 amide bonds. The van der Waals surface area contributed by atoms with Crippen molar-refractivity contribution >= 4 is 16.2 Å². The molecule has 0 bridgehead atoms. The second kappa shape index (κ2) is 5.75. The fourth-order valence-electron chi connectivity index (χ4n) is 1.50. The number of sulfonamides is 1. The molecule has 2 aromatic rings. The Morgan fingerprint density at radius 1 is 1.05 bits per heavy atom. The van der Waals surface area contributed by atoms with Crippen LogP contribution in [0.1, 0.15) is 11.1 Å². The van der Waals surface area contributed by atoms with E-state index in [2.05, 4.69) is 9.93 Å². The van der Waals surface area contributed by atoms with Crippen LogP contribution in [0.25, 0.3) is 0 Å². The molecule has 0 aliphatic heterocycles. The van der Waals surface area contributed by atoms with E-state index in [1.807, 2.05) is 6.92 Å². The number of rotatable bonds is 4. The zero-order chi connectivity index (χ0) is 14.6. The summed E-state index contributed by atoms with van der Waals surface area (Å²) in [6.45, 7) is 1.88. The van der Waals surface area contributed by atoms with E-state index in [-0.39, 0.29) is 10.6 Å². The molecule has 0 saturated carbocycles. The third-order valence-corrected chi connectivity index (χ3v) is 3.85. The number of phenols is 1. The van der Waals surface area contributed by atoms with Gasteiger partial charge in [-0.25, -0.2) is 4.83 Å². The number of benzene rings is 2. The lowest BCUT2D eigenvalue weighted by atomic mass is 10.2. The molecule has 0 aliphatic rings. The first kappa shape index (κ1) is 14.1. The van der Waals surface area contributed by atoms with Gasteiger partial charge in [-0.1, -0.05) is 17.7 Å². The highest BCUT2D eigenvalue weighted by atomic mass is 32.2. The largest absolute Gasteiger partial charge is 0.508 e. The summed E-state index contributed by atoms with van der Waals surface area (Å²) in [4.78, 5) is 2.30. The number of hydrogen-bond donors (Lipinski definition) is 2. The third kappa shape index (κ3) is 3.58. The van der Waals surface area contributed by atoms with Crippen LogP contribution >= 0.6 is 0 Å². The predicted octanol–water partition coefficient (Wildman–Crippen LogP) is 2.01. The van der Waals surface area contributed by atoms with E-state index in [1.165, 1.54) is 30.5 Å². The number of phenolic OH excluding ortho intramolecular Hbond substituents is 1. The molecule has 0 saturated heterocycles. The zero-order valence-electron chi connectivity index (χ0n) is 10.8. The molecule has 2 aromatic carbocycles. The van der Waals surface area contributed by atoms with E-state index in [1.54, 1.807) is 24.3 Å². The van der Waals surface area contributed by atoms with Crippen molar-refractivity contribution in [1.29, 1.82) is 0 Å². The van der Waals surface area contributed by atoms with E-state index in [0.717, 1.165) is 5.56 Å². The third-order valence-electron chi connectivity index (χ3n) is 2.61. The van der Waals surface area contributed by atoms with Gasteiger partial charge in [0, 0.05) is 0 Å². The Balaban J connectivity index is 2.09. The van der Waals surface area contributed by atoms with Gasteiger partial charge in [-0.05, 0) is 48.9 Å². The van der Waals surface area contributed by atoms with Gasteiger partial charge in [0.05, 0.1) is 11.1 Å². The fraction of sp³-hybridized carbons (Fsp3) is 0.0714. The topological polar surface area (TPSA) is 78.8 Å². The quantitative estimate of drug-likeness (QED) is 0.668. The molecular formula is C14H14N2O3S. The average molecular weight is 290 g/mol. The van der Waals surface area contributed by atoms with E-state index in [9.17, 15) is 8.42 Å². The van der Waals surface area contributed by atoms with Crippen LogP contribution in [0.4, 0.5) is 0 Å². The maximum absolute atomic E-state index is 11.9. The van der Waals surface area contributed by atoms with Gasteiger partial charge in [0.15, 0.2) is 0 Å². The highest BCUT2D eigenvalue weighted by Gasteiger charge is 2.11. The molecule has 20 heavy (non-hydrogen) atoms. The predicted molar refractivity (Wildman–Crippen MR) is 77.2 cm³/mol. The normalized spacial score (nSPS) is 11.7. The summed E-state index contributed by atoms with van der Waals surface area (Å²) in [6, 6.07) is 12.7. The van der Waals surface area contributed by atoms with Crippen molar-refractivity contribution in [2.45, 2.75) is 11.8 Å². The molecule has 0 unspecified atom stereocenters. The zero-order valence-corrected chi connectivity index (χ0v) is 11.6. The smallest absolute Gasteiger partial charge is 0.276 e. The standard InChI is InChI=1S/C14H14N2O3S/c1-11-2-8-14(9-3-11)20(18,19)16-15-10-12-4-6-13(17)7-5-12/h2-10,16-17H,1H3/b15-10+. The first-order valence-electron chi connectivity index (χ1n) is 5.88. The summed E-state index contributed by atoms with van der Waals surface area (Å²) < 4.78 is 23.8. The summed E-state index contributed by atoms with van der Waals surface area (Å²) in [5, 5.41) is 12.8. The van der Waals surface area contributed by atoms with Gasteiger partial charge in [-0.15, -0.1) is 0 Å². The molecule has 2 rings (SSSR count). The Bertz CT molecular complexity index is 705. The van der Waals surface area contributed by atoms with Crippen LogP contribution in [-0.2, 0) is 10.0 Å². The van der Waals surface area contributed by atoms with Crippen molar-refractivity contribution in [2.24, 2.45) is 5.10 Å². The highest BCUT2D eigenvalue weighted by molar-refractivity contribution is 7.89. The number of hydrogen-bond acceptors (Lipinski definition) is 4. The molecule has 2 N–H and O–H groups in total. The minimum atomic E-state index is -3.65. The van der Waals surface area contributed by atoms with Gasteiger partial charge < -0.3 is 5.11 Å². The Kier molecular flexibility index (Phi) is 4.05. The van der Waals surface area contributed by atoms with Crippen molar-refractivity contribution in [3.05, 3.63) is 59.7 Å². The first-order valence-corrected chi connectivity index (χ1v) is 7.36. The Morgan fingerprint density at radius 3 is 2.25 bits per heavy atom. The van der Waals surface area contributed by atoms with Gasteiger partial charge in [-0.2, -0.15) is 13.5 Å². The molecule has 0 atom stereocenters. The van der Waals surface area contributed by atoms with Crippen molar-refractivity contribution in [1.82, 2.24) is 4.83 Å². The number of nitrogens with one attached hydrogen (secondary N) is 1. The Labute approximate surface area is 117 Å². The monoisotopic (exact) mass is 290 g/mol. The van der Waals surface area contributed by atoms with Gasteiger partial charge in [0.2, 0.25) is 0 Å². The number of aromatic hydroxyl groups is 1. The fourth-order valence-corrected chi connectivity index (χ4v) is 2.29. The highest BCUT2D eigenvalue weighted by Crippen LogP contribution is 2.10.